The van der Waals surface area contributed by atoms with Crippen LogP contribution in [0.4, 0.5) is 0 Å². The van der Waals surface area contributed by atoms with E-state index in [9.17, 15) is 4.79 Å². The maximum absolute atomic E-state index is 11.9. The highest BCUT2D eigenvalue weighted by Crippen LogP contribution is 2.37. The van der Waals surface area contributed by atoms with E-state index in [-0.39, 0.29) is 18.4 Å². The Kier molecular flexibility index (Phi) is 7.48. The number of nitrogens with zero attached hydrogens (tertiary/aromatic N) is 1. The molecule has 2 aromatic rings. The van der Waals surface area contributed by atoms with E-state index in [2.05, 4.69) is 10.5 Å². The number of halogens is 1. The molecular formula is C20H23ClN2O3. The quantitative estimate of drug-likeness (QED) is 0.556. The first-order chi connectivity index (χ1) is 12.5. The second-order valence-electron chi connectivity index (χ2n) is 5.83. The number of hydrogen-bond donors (Lipinski definition) is 1. The van der Waals surface area contributed by atoms with Gasteiger partial charge in [0.1, 0.15) is 0 Å². The molecule has 1 amide bonds. The molecule has 0 aliphatic rings. The average molecular weight is 375 g/mol. The summed E-state index contributed by atoms with van der Waals surface area (Å²) < 4.78 is 11.2. The number of benzene rings is 2. The molecule has 0 heterocycles. The van der Waals surface area contributed by atoms with Crippen LogP contribution in [0.2, 0.25) is 5.02 Å². The lowest BCUT2D eigenvalue weighted by molar-refractivity contribution is -0.120. The first-order valence-corrected chi connectivity index (χ1v) is 8.81. The van der Waals surface area contributed by atoms with Crippen LogP contribution in [0.1, 0.15) is 31.4 Å². The monoisotopic (exact) mass is 374 g/mol. The molecule has 0 aliphatic heterocycles. The van der Waals surface area contributed by atoms with Gasteiger partial charge in [-0.15, -0.1) is 0 Å². The molecule has 0 bridgehead atoms. The topological polar surface area (TPSA) is 59.9 Å². The molecule has 1 atom stereocenters. The first-order valence-electron chi connectivity index (χ1n) is 8.43. The number of amides is 1. The fraction of sp³-hybridized carbons (Fsp3) is 0.300. The summed E-state index contributed by atoms with van der Waals surface area (Å²) in [5, 5.41) is 4.41. The van der Waals surface area contributed by atoms with Gasteiger partial charge in [-0.25, -0.2) is 5.43 Å². The Hall–Kier alpha value is -2.53. The molecule has 0 unspecified atom stereocenters. The predicted octanol–water partition coefficient (Wildman–Crippen LogP) is 4.22. The highest BCUT2D eigenvalue weighted by atomic mass is 35.5. The Bertz CT molecular complexity index is 763. The molecule has 0 spiro atoms. The summed E-state index contributed by atoms with van der Waals surface area (Å²) in [5.74, 6) is 0.839. The van der Waals surface area contributed by atoms with Crippen molar-refractivity contribution < 1.29 is 14.3 Å². The van der Waals surface area contributed by atoms with E-state index in [1.165, 1.54) is 6.21 Å². The zero-order valence-electron chi connectivity index (χ0n) is 15.2. The normalized spacial score (nSPS) is 12.0. The second-order valence-corrected chi connectivity index (χ2v) is 6.23. The maximum Gasteiger partial charge on any atom is 0.244 e. The Morgan fingerprint density at radius 1 is 1.31 bits per heavy atom. The predicted molar refractivity (Wildman–Crippen MR) is 104 cm³/mol. The molecular weight excluding hydrogens is 352 g/mol. The highest BCUT2D eigenvalue weighted by Gasteiger charge is 2.14. The lowest BCUT2D eigenvalue weighted by Crippen LogP contribution is -2.19. The van der Waals surface area contributed by atoms with E-state index >= 15 is 0 Å². The van der Waals surface area contributed by atoms with Gasteiger partial charge >= 0.3 is 0 Å². The average Bonchev–Trinajstić information content (AvgIpc) is 2.64. The van der Waals surface area contributed by atoms with Crippen LogP contribution in [0.3, 0.4) is 0 Å². The number of methoxy groups -OCH3 is 1. The molecule has 0 aromatic heterocycles. The standard InChI is InChI=1S/C20H23ClN2O3/c1-4-14(2)26-20-17(21)10-16(11-18(20)25-3)13-22-23-19(24)12-15-8-6-5-7-9-15/h5-11,13-14H,4,12H2,1-3H3,(H,23,24)/b22-13-/t14-/m1/s1. The van der Waals surface area contributed by atoms with Gasteiger partial charge in [0.2, 0.25) is 5.91 Å². The third-order valence-corrected chi connectivity index (χ3v) is 4.04. The van der Waals surface area contributed by atoms with E-state index in [4.69, 9.17) is 21.1 Å². The number of ether oxygens (including phenoxy) is 2. The number of hydrogen-bond acceptors (Lipinski definition) is 4. The van der Waals surface area contributed by atoms with Crippen molar-refractivity contribution in [1.29, 1.82) is 0 Å². The number of hydrazone groups is 1. The van der Waals surface area contributed by atoms with E-state index in [1.54, 1.807) is 19.2 Å². The molecule has 2 aromatic carbocycles. The molecule has 138 valence electrons. The molecule has 0 fully saturated rings. The summed E-state index contributed by atoms with van der Waals surface area (Å²) in [6, 6.07) is 13.0. The zero-order valence-corrected chi connectivity index (χ0v) is 15.9. The van der Waals surface area contributed by atoms with Crippen molar-refractivity contribution in [1.82, 2.24) is 5.43 Å². The molecule has 0 saturated heterocycles. The molecule has 26 heavy (non-hydrogen) atoms. The van der Waals surface area contributed by atoms with Crippen molar-refractivity contribution in [2.45, 2.75) is 32.8 Å². The fourth-order valence-electron chi connectivity index (χ4n) is 2.21. The first kappa shape index (κ1) is 19.8. The zero-order chi connectivity index (χ0) is 18.9. The van der Waals surface area contributed by atoms with Crippen LogP contribution in [-0.2, 0) is 11.2 Å². The second kappa shape index (κ2) is 9.82. The largest absolute Gasteiger partial charge is 0.493 e. The lowest BCUT2D eigenvalue weighted by Gasteiger charge is -2.17. The molecule has 1 N–H and O–H groups in total. The van der Waals surface area contributed by atoms with Crippen LogP contribution >= 0.6 is 11.6 Å². The van der Waals surface area contributed by atoms with Gasteiger partial charge in [0.25, 0.3) is 0 Å². The number of carbonyl (C=O) groups excluding carboxylic acids is 1. The van der Waals surface area contributed by atoms with Gasteiger partial charge in [0, 0.05) is 0 Å². The van der Waals surface area contributed by atoms with Crippen LogP contribution < -0.4 is 14.9 Å². The van der Waals surface area contributed by atoms with Crippen LogP contribution in [0.15, 0.2) is 47.6 Å². The molecule has 0 aliphatic carbocycles. The van der Waals surface area contributed by atoms with Gasteiger partial charge in [-0.05, 0) is 36.6 Å². The third-order valence-electron chi connectivity index (χ3n) is 3.76. The van der Waals surface area contributed by atoms with Crippen LogP contribution in [-0.4, -0.2) is 25.3 Å². The van der Waals surface area contributed by atoms with E-state index < -0.39 is 0 Å². The summed E-state index contributed by atoms with van der Waals surface area (Å²) >= 11 is 6.31. The summed E-state index contributed by atoms with van der Waals surface area (Å²) in [6.45, 7) is 4.00. The van der Waals surface area contributed by atoms with Gasteiger partial charge in [-0.3, -0.25) is 4.79 Å². The van der Waals surface area contributed by atoms with E-state index in [0.717, 1.165) is 12.0 Å². The molecule has 0 saturated carbocycles. The lowest BCUT2D eigenvalue weighted by atomic mass is 10.1. The summed E-state index contributed by atoms with van der Waals surface area (Å²) in [6.07, 6.45) is 2.67. The Morgan fingerprint density at radius 3 is 2.69 bits per heavy atom. The van der Waals surface area contributed by atoms with Crippen LogP contribution in [0, 0.1) is 0 Å². The minimum Gasteiger partial charge on any atom is -0.493 e. The van der Waals surface area contributed by atoms with Crippen molar-refractivity contribution in [3.8, 4) is 11.5 Å². The minimum atomic E-state index is -0.192. The highest BCUT2D eigenvalue weighted by molar-refractivity contribution is 6.32. The van der Waals surface area contributed by atoms with Gasteiger partial charge in [0.05, 0.1) is 30.9 Å². The fourth-order valence-corrected chi connectivity index (χ4v) is 2.48. The van der Waals surface area contributed by atoms with Crippen molar-refractivity contribution in [3.05, 3.63) is 58.6 Å². The van der Waals surface area contributed by atoms with Crippen LogP contribution in [0.25, 0.3) is 0 Å². The smallest absolute Gasteiger partial charge is 0.244 e. The summed E-state index contributed by atoms with van der Waals surface area (Å²) in [4.78, 5) is 11.9. The van der Waals surface area contributed by atoms with E-state index in [0.29, 0.717) is 22.1 Å². The van der Waals surface area contributed by atoms with E-state index in [1.807, 2.05) is 44.2 Å². The van der Waals surface area contributed by atoms with Crippen molar-refractivity contribution in [2.75, 3.05) is 7.11 Å². The SMILES string of the molecule is CC[C@@H](C)Oc1c(Cl)cc(/C=N\NC(=O)Cc2ccccc2)cc1OC. The van der Waals surface area contributed by atoms with Gasteiger partial charge in [-0.2, -0.15) is 5.10 Å². The Labute approximate surface area is 159 Å². The Balaban J connectivity index is 2.03. The molecule has 6 heteroatoms. The number of carbonyl (C=O) groups is 1. The van der Waals surface area contributed by atoms with Crippen LogP contribution in [0.5, 0.6) is 11.5 Å². The summed E-state index contributed by atoms with van der Waals surface area (Å²) in [5.41, 5.74) is 4.13. The van der Waals surface area contributed by atoms with Gasteiger partial charge in [0.15, 0.2) is 11.5 Å². The van der Waals surface area contributed by atoms with Gasteiger partial charge < -0.3 is 9.47 Å². The molecule has 2 rings (SSSR count). The Morgan fingerprint density at radius 2 is 2.04 bits per heavy atom. The van der Waals surface area contributed by atoms with Gasteiger partial charge in [-0.1, -0.05) is 48.9 Å². The van der Waals surface area contributed by atoms with Crippen molar-refractivity contribution in [3.63, 3.8) is 0 Å². The van der Waals surface area contributed by atoms with Crippen molar-refractivity contribution in [2.24, 2.45) is 5.10 Å². The number of rotatable bonds is 8. The van der Waals surface area contributed by atoms with Crippen molar-refractivity contribution >= 4 is 23.7 Å². The molecule has 0 radical (unpaired) electrons. The summed E-state index contributed by atoms with van der Waals surface area (Å²) in [7, 11) is 1.55. The maximum atomic E-state index is 11.9. The minimum absolute atomic E-state index is 0.0261. The third kappa shape index (κ3) is 5.77. The number of nitrogens with one attached hydrogen (secondary N) is 1. The molecule has 5 nitrogen and oxygen atoms in total.